The molecule has 0 radical (unpaired) electrons. The standard InChI is InChI=1S/C53H72O16/c1-9-10-11-12-16-21-46(57)67-49-38(29-47(58)62-8)28-41-30-43(34(2)54)66-45(56)22-17-20-40-31-44(64-35(3)55)51(6,7)52(60,68-40)32-42-26-37(27-48(59)63-33-36-18-14-13-15-19-36)25-39(65-42)23-24-50(4,5)53(49,61)69-41/h11-16,18-19,21,23-24,27,29,34,39-44,49,54,60-61H,9-10,17,20,22,25-26,28,30-33H2,1-8H3/b12-11+,21-16+,24-23+,37-27-,38-29+/t34-,39+,40?,41?,42+,43?,44?,49+,52+,53?/m1/s1. The summed E-state index contributed by atoms with van der Waals surface area (Å²) in [7, 11) is 1.18. The number of fused-ring (bicyclic) bond motifs is 6. The van der Waals surface area contributed by atoms with Crippen LogP contribution in [0, 0.1) is 10.8 Å². The van der Waals surface area contributed by atoms with Gasteiger partial charge in [0.2, 0.25) is 5.79 Å². The van der Waals surface area contributed by atoms with Gasteiger partial charge in [0.05, 0.1) is 43.0 Å². The van der Waals surface area contributed by atoms with Crippen molar-refractivity contribution in [2.75, 3.05) is 7.11 Å². The van der Waals surface area contributed by atoms with Gasteiger partial charge in [-0.15, -0.1) is 0 Å². The minimum Gasteiger partial charge on any atom is -0.466 e. The van der Waals surface area contributed by atoms with E-state index in [1.54, 1.807) is 45.9 Å². The molecule has 0 aromatic heterocycles. The van der Waals surface area contributed by atoms with Gasteiger partial charge in [-0.2, -0.15) is 0 Å². The van der Waals surface area contributed by atoms with E-state index in [2.05, 4.69) is 0 Å². The molecule has 69 heavy (non-hydrogen) atoms. The number of benzene rings is 1. The number of hydrogen-bond donors (Lipinski definition) is 3. The van der Waals surface area contributed by atoms with Crippen molar-refractivity contribution in [3.63, 3.8) is 0 Å². The first kappa shape index (κ1) is 55.0. The third-order valence-electron chi connectivity index (χ3n) is 13.4. The van der Waals surface area contributed by atoms with Crippen LogP contribution in [0.25, 0.3) is 0 Å². The summed E-state index contributed by atoms with van der Waals surface area (Å²) in [5, 5.41) is 36.6. The number of unbranched alkanes of at least 4 members (excludes halogenated alkanes) is 1. The highest BCUT2D eigenvalue weighted by Crippen LogP contribution is 2.50. The van der Waals surface area contributed by atoms with Crippen molar-refractivity contribution < 1.29 is 77.2 Å². The van der Waals surface area contributed by atoms with Gasteiger partial charge < -0.3 is 53.2 Å². The quantitative estimate of drug-likeness (QED) is 0.0677. The normalized spacial score (nSPS) is 32.9. The van der Waals surface area contributed by atoms with E-state index in [0.29, 0.717) is 5.57 Å². The molecule has 10 atom stereocenters. The molecule has 0 aliphatic carbocycles. The maximum Gasteiger partial charge on any atom is 0.331 e. The fourth-order valence-corrected chi connectivity index (χ4v) is 9.22. The number of cyclic esters (lactones) is 1. The van der Waals surface area contributed by atoms with Crippen LogP contribution in [0.1, 0.15) is 125 Å². The molecule has 4 aliphatic rings. The number of esters is 5. The van der Waals surface area contributed by atoms with E-state index >= 15 is 0 Å². The number of methoxy groups -OCH3 is 1. The highest BCUT2D eigenvalue weighted by Gasteiger charge is 2.59. The lowest BCUT2D eigenvalue weighted by atomic mass is 9.70. The minimum atomic E-state index is -2.44. The summed E-state index contributed by atoms with van der Waals surface area (Å²) in [6, 6.07) is 9.23. The van der Waals surface area contributed by atoms with Crippen molar-refractivity contribution in [3.8, 4) is 0 Å². The molecule has 0 saturated carbocycles. The predicted molar refractivity (Wildman–Crippen MR) is 251 cm³/mol. The zero-order valence-corrected chi connectivity index (χ0v) is 41.3. The smallest absolute Gasteiger partial charge is 0.331 e. The summed E-state index contributed by atoms with van der Waals surface area (Å²) in [4.78, 5) is 65.8. The van der Waals surface area contributed by atoms with Crippen molar-refractivity contribution >= 4 is 29.8 Å². The molecule has 0 amide bonds. The lowest BCUT2D eigenvalue weighted by Crippen LogP contribution is -2.62. The van der Waals surface area contributed by atoms with Gasteiger partial charge in [0.1, 0.15) is 18.8 Å². The SMILES string of the molecule is CCC/C=C/C=C/C(=O)O[C@H]1/C(=C/C(=O)OC)CC2CC([C@@H](C)O)OC(=O)CCCC3CC(OC(C)=O)C(C)(C)[C@](O)(C[C@@H]4C/C(=C\C(=O)OCc5ccccc5)C[C@H](/C=C/C(C)(C)C1(O)O2)O4)O3. The summed E-state index contributed by atoms with van der Waals surface area (Å²) in [5.41, 5.74) is -1.10. The van der Waals surface area contributed by atoms with E-state index in [-0.39, 0.29) is 70.0 Å². The predicted octanol–water partition coefficient (Wildman–Crippen LogP) is 6.88. The molecule has 3 fully saturated rings. The Morgan fingerprint density at radius 2 is 1.64 bits per heavy atom. The zero-order chi connectivity index (χ0) is 50.6. The van der Waals surface area contributed by atoms with E-state index in [4.69, 9.17) is 37.9 Å². The molecule has 380 valence electrons. The molecule has 5 rings (SSSR count). The maximum atomic E-state index is 13.5. The fraction of sp³-hybridized carbons (Fsp3) is 0.604. The van der Waals surface area contributed by atoms with E-state index in [0.717, 1.165) is 24.5 Å². The van der Waals surface area contributed by atoms with Crippen LogP contribution in [0.4, 0.5) is 0 Å². The molecule has 5 unspecified atom stereocenters. The summed E-state index contributed by atoms with van der Waals surface area (Å²) in [6.45, 7) is 11.6. The Labute approximate surface area is 405 Å². The maximum absolute atomic E-state index is 13.5. The molecule has 16 heteroatoms. The van der Waals surface area contributed by atoms with Gasteiger partial charge in [-0.3, -0.25) is 9.59 Å². The second-order valence-electron chi connectivity index (χ2n) is 19.6. The molecule has 4 aliphatic heterocycles. The van der Waals surface area contributed by atoms with Crippen LogP contribution in [0.5, 0.6) is 0 Å². The van der Waals surface area contributed by atoms with Gasteiger partial charge in [-0.05, 0) is 56.6 Å². The third-order valence-corrected chi connectivity index (χ3v) is 13.4. The molecular formula is C53H72O16. The second-order valence-corrected chi connectivity index (χ2v) is 19.6. The first-order chi connectivity index (χ1) is 32.6. The summed E-state index contributed by atoms with van der Waals surface area (Å²) in [6.07, 6.45) is 6.45. The van der Waals surface area contributed by atoms with E-state index in [1.807, 2.05) is 43.3 Å². The van der Waals surface area contributed by atoms with Gasteiger partial charge in [0, 0.05) is 56.3 Å². The number of carbonyl (C=O) groups excluding carboxylic acids is 5. The first-order valence-electron chi connectivity index (χ1n) is 24.0. The van der Waals surface area contributed by atoms with Gasteiger partial charge in [0.25, 0.3) is 0 Å². The molecule has 1 aromatic carbocycles. The minimum absolute atomic E-state index is 0.0420. The topological polar surface area (TPSA) is 220 Å². The van der Waals surface area contributed by atoms with Crippen LogP contribution >= 0.6 is 0 Å². The van der Waals surface area contributed by atoms with Gasteiger partial charge in [-0.25, -0.2) is 14.4 Å². The fourth-order valence-electron chi connectivity index (χ4n) is 9.22. The number of rotatable bonds is 11. The average molecular weight is 965 g/mol. The van der Waals surface area contributed by atoms with Crippen LogP contribution in [0.2, 0.25) is 0 Å². The second kappa shape index (κ2) is 24.2. The van der Waals surface area contributed by atoms with Gasteiger partial charge in [-0.1, -0.05) is 107 Å². The van der Waals surface area contributed by atoms with E-state index < -0.39 is 101 Å². The summed E-state index contributed by atoms with van der Waals surface area (Å²) < 4.78 is 48.0. The lowest BCUT2D eigenvalue weighted by molar-refractivity contribution is -0.347. The molecule has 1 aromatic rings. The Hall–Kier alpha value is -4.97. The first-order valence-corrected chi connectivity index (χ1v) is 24.0. The molecule has 4 heterocycles. The van der Waals surface area contributed by atoms with E-state index in [9.17, 15) is 39.3 Å². The third kappa shape index (κ3) is 14.8. The van der Waals surface area contributed by atoms with Gasteiger partial charge >= 0.3 is 29.8 Å². The number of aliphatic hydroxyl groups excluding tert-OH is 1. The lowest BCUT2D eigenvalue weighted by Gasteiger charge is -2.53. The average Bonchev–Trinajstić information content (AvgIpc) is 3.27. The van der Waals surface area contributed by atoms with Crippen molar-refractivity contribution in [3.05, 3.63) is 95.6 Å². The molecule has 16 nitrogen and oxygen atoms in total. The highest BCUT2D eigenvalue weighted by atomic mass is 16.7. The monoisotopic (exact) mass is 964 g/mol. The Morgan fingerprint density at radius 1 is 0.899 bits per heavy atom. The Bertz CT molecular complexity index is 2100. The number of carbonyl (C=O) groups is 5. The number of ether oxygens (including phenoxy) is 8. The van der Waals surface area contributed by atoms with Crippen molar-refractivity contribution in [2.45, 2.75) is 186 Å². The van der Waals surface area contributed by atoms with Crippen LogP contribution in [0.15, 0.2) is 90.1 Å². The largest absolute Gasteiger partial charge is 0.466 e. The number of hydrogen-bond acceptors (Lipinski definition) is 16. The van der Waals surface area contributed by atoms with Crippen molar-refractivity contribution in [1.82, 2.24) is 0 Å². The number of aliphatic hydroxyl groups is 3. The number of allylic oxidation sites excluding steroid dienone is 3. The van der Waals surface area contributed by atoms with Crippen molar-refractivity contribution in [2.24, 2.45) is 10.8 Å². The summed E-state index contributed by atoms with van der Waals surface area (Å²) >= 11 is 0. The summed E-state index contributed by atoms with van der Waals surface area (Å²) in [5.74, 6) is -7.80. The molecule has 3 saturated heterocycles. The van der Waals surface area contributed by atoms with Gasteiger partial charge in [0.15, 0.2) is 11.9 Å². The van der Waals surface area contributed by atoms with E-state index in [1.165, 1.54) is 39.2 Å². The Kier molecular flexibility index (Phi) is 19.3. The molecule has 0 spiro atoms. The van der Waals surface area contributed by atoms with Crippen LogP contribution in [0.3, 0.4) is 0 Å². The molecule has 6 bridgehead atoms. The molecular weight excluding hydrogens is 893 g/mol. The zero-order valence-electron chi connectivity index (χ0n) is 41.3. The molecule has 3 N–H and O–H groups in total. The van der Waals surface area contributed by atoms with Crippen LogP contribution < -0.4 is 0 Å². The van der Waals surface area contributed by atoms with Crippen LogP contribution in [-0.4, -0.2) is 113 Å². The Balaban J connectivity index is 1.61. The van der Waals surface area contributed by atoms with Crippen molar-refractivity contribution in [1.29, 1.82) is 0 Å². The highest BCUT2D eigenvalue weighted by molar-refractivity contribution is 5.85. The Morgan fingerprint density at radius 3 is 2.32 bits per heavy atom. The van der Waals surface area contributed by atoms with Crippen LogP contribution in [-0.2, 0) is 68.5 Å².